The van der Waals surface area contributed by atoms with Gasteiger partial charge < -0.3 is 19.9 Å². The number of carbonyl (C=O) groups excluding carboxylic acids is 1. The molecule has 29 heavy (non-hydrogen) atoms. The van der Waals surface area contributed by atoms with Crippen LogP contribution < -0.4 is 14.8 Å². The maximum Gasteiger partial charge on any atom is 0.305 e. The number of nitrogens with zero attached hydrogens (tertiary/aromatic N) is 2. The topological polar surface area (TPSA) is 110 Å². The molecule has 150 valence electrons. The average Bonchev–Trinajstić information content (AvgIpc) is 3.06. The van der Waals surface area contributed by atoms with Crippen molar-refractivity contribution in [3.63, 3.8) is 0 Å². The minimum atomic E-state index is -1.04. The third-order valence-electron chi connectivity index (χ3n) is 3.94. The summed E-state index contributed by atoms with van der Waals surface area (Å²) in [6.07, 6.45) is 1.22. The molecule has 0 aliphatic carbocycles. The van der Waals surface area contributed by atoms with Gasteiger partial charge in [0.15, 0.2) is 16.7 Å². The highest BCUT2D eigenvalue weighted by atomic mass is 32.2. The molecule has 3 rings (SSSR count). The molecule has 1 fully saturated rings. The number of para-hydroxylation sites is 1. The maximum atomic E-state index is 11.7. The summed E-state index contributed by atoms with van der Waals surface area (Å²) < 4.78 is 11.3. The van der Waals surface area contributed by atoms with Crippen molar-refractivity contribution in [3.8, 4) is 11.5 Å². The van der Waals surface area contributed by atoms with E-state index in [0.29, 0.717) is 23.7 Å². The Balaban J connectivity index is 1.73. The predicted octanol–water partition coefficient (Wildman–Crippen LogP) is 2.67. The van der Waals surface area contributed by atoms with Crippen molar-refractivity contribution in [2.75, 3.05) is 7.11 Å². The Morgan fingerprint density at radius 2 is 2.03 bits per heavy atom. The monoisotopic (exact) mass is 413 g/mol. The number of amides is 1. The van der Waals surface area contributed by atoms with Crippen molar-refractivity contribution in [3.05, 3.63) is 59.7 Å². The standard InChI is InChI=1S/C20H19N3O5S/c1-27-15-9-5-8-14(18(15)28-12-13-6-3-2-4-7-13)11-21-23-20-22-19(26)16(29-20)10-17(24)25/h2-9,11,16H,10,12H2,1H3,(H,24,25)(H,22,23,26). The number of aliphatic carboxylic acids is 1. The lowest BCUT2D eigenvalue weighted by molar-refractivity contribution is -0.138. The summed E-state index contributed by atoms with van der Waals surface area (Å²) in [5.41, 5.74) is 1.66. The molecule has 1 heterocycles. The zero-order valence-corrected chi connectivity index (χ0v) is 16.4. The fourth-order valence-corrected chi connectivity index (χ4v) is 3.48. The van der Waals surface area contributed by atoms with E-state index < -0.39 is 11.2 Å². The van der Waals surface area contributed by atoms with Gasteiger partial charge in [-0.2, -0.15) is 5.10 Å². The predicted molar refractivity (Wildman–Crippen MR) is 111 cm³/mol. The zero-order valence-electron chi connectivity index (χ0n) is 15.6. The Hall–Kier alpha value is -3.33. The van der Waals surface area contributed by atoms with Gasteiger partial charge in [-0.1, -0.05) is 48.2 Å². The summed E-state index contributed by atoms with van der Waals surface area (Å²) in [5.74, 6) is -0.351. The van der Waals surface area contributed by atoms with E-state index in [-0.39, 0.29) is 17.5 Å². The Morgan fingerprint density at radius 3 is 2.76 bits per heavy atom. The van der Waals surface area contributed by atoms with Gasteiger partial charge in [0.2, 0.25) is 5.91 Å². The van der Waals surface area contributed by atoms with E-state index in [1.807, 2.05) is 30.3 Å². The van der Waals surface area contributed by atoms with E-state index in [2.05, 4.69) is 15.5 Å². The number of amidine groups is 1. The fraction of sp³-hybridized carbons (Fsp3) is 0.200. The Labute approximate surface area is 171 Å². The van der Waals surface area contributed by atoms with E-state index in [0.717, 1.165) is 17.3 Å². The molecular weight excluding hydrogens is 394 g/mol. The molecule has 1 aliphatic rings. The molecule has 0 spiro atoms. The lowest BCUT2D eigenvalue weighted by atomic mass is 10.2. The van der Waals surface area contributed by atoms with Gasteiger partial charge in [-0.05, 0) is 17.7 Å². The molecule has 0 saturated carbocycles. The van der Waals surface area contributed by atoms with Crippen LogP contribution in [-0.4, -0.2) is 40.7 Å². The maximum absolute atomic E-state index is 11.7. The van der Waals surface area contributed by atoms with Crippen LogP contribution in [0.3, 0.4) is 0 Å². The van der Waals surface area contributed by atoms with Gasteiger partial charge in [0.1, 0.15) is 11.9 Å². The molecule has 1 aliphatic heterocycles. The normalized spacial score (nSPS) is 17.5. The largest absolute Gasteiger partial charge is 0.493 e. The summed E-state index contributed by atoms with van der Waals surface area (Å²) in [5, 5.41) is 18.9. The smallest absolute Gasteiger partial charge is 0.305 e. The van der Waals surface area contributed by atoms with Gasteiger partial charge in [-0.3, -0.25) is 9.59 Å². The van der Waals surface area contributed by atoms with Gasteiger partial charge in [0.05, 0.1) is 19.7 Å². The molecule has 0 aromatic heterocycles. The lowest BCUT2D eigenvalue weighted by Crippen LogP contribution is -2.26. The van der Waals surface area contributed by atoms with E-state index in [9.17, 15) is 9.59 Å². The van der Waals surface area contributed by atoms with Crippen molar-refractivity contribution in [1.29, 1.82) is 0 Å². The van der Waals surface area contributed by atoms with Crippen molar-refractivity contribution in [2.24, 2.45) is 10.2 Å². The van der Waals surface area contributed by atoms with Crippen molar-refractivity contribution in [1.82, 2.24) is 5.32 Å². The second-order valence-electron chi connectivity index (χ2n) is 6.00. The molecule has 2 aromatic rings. The molecule has 2 N–H and O–H groups in total. The van der Waals surface area contributed by atoms with Crippen LogP contribution in [0.1, 0.15) is 17.5 Å². The van der Waals surface area contributed by atoms with Crippen molar-refractivity contribution < 1.29 is 24.2 Å². The van der Waals surface area contributed by atoms with Gasteiger partial charge in [0.25, 0.3) is 0 Å². The molecule has 1 unspecified atom stereocenters. The molecule has 1 saturated heterocycles. The molecule has 0 radical (unpaired) electrons. The van der Waals surface area contributed by atoms with Crippen molar-refractivity contribution >= 4 is 35.0 Å². The molecule has 2 aromatic carbocycles. The molecule has 1 amide bonds. The van der Waals surface area contributed by atoms with E-state index in [1.165, 1.54) is 6.21 Å². The first-order chi connectivity index (χ1) is 14.1. The number of ether oxygens (including phenoxy) is 2. The highest BCUT2D eigenvalue weighted by molar-refractivity contribution is 8.15. The van der Waals surface area contributed by atoms with E-state index >= 15 is 0 Å². The summed E-state index contributed by atoms with van der Waals surface area (Å²) in [6.45, 7) is 0.360. The molecule has 1 atom stereocenters. The summed E-state index contributed by atoms with van der Waals surface area (Å²) in [4.78, 5) is 22.5. The van der Waals surface area contributed by atoms with Crippen LogP contribution in [0.4, 0.5) is 0 Å². The van der Waals surface area contributed by atoms with E-state index in [4.69, 9.17) is 14.6 Å². The Morgan fingerprint density at radius 1 is 1.24 bits per heavy atom. The SMILES string of the molecule is COc1cccc(C=N/N=C2/NC(=O)C(CC(=O)O)S2)c1OCc1ccccc1. The van der Waals surface area contributed by atoms with Crippen LogP contribution >= 0.6 is 11.8 Å². The second kappa shape index (κ2) is 9.74. The van der Waals surface area contributed by atoms with Crippen LogP contribution in [0.25, 0.3) is 0 Å². The fourth-order valence-electron chi connectivity index (χ4n) is 2.57. The first-order valence-electron chi connectivity index (χ1n) is 8.71. The summed E-state index contributed by atoms with van der Waals surface area (Å²) in [6, 6.07) is 15.1. The van der Waals surface area contributed by atoms with E-state index in [1.54, 1.807) is 25.3 Å². The highest BCUT2D eigenvalue weighted by Gasteiger charge is 2.32. The van der Waals surface area contributed by atoms with Crippen LogP contribution in [0.5, 0.6) is 11.5 Å². The van der Waals surface area contributed by atoms with Crippen LogP contribution in [0, 0.1) is 0 Å². The van der Waals surface area contributed by atoms with Crippen molar-refractivity contribution in [2.45, 2.75) is 18.3 Å². The summed E-state index contributed by atoms with van der Waals surface area (Å²) in [7, 11) is 1.55. The number of benzene rings is 2. The van der Waals surface area contributed by atoms with Crippen LogP contribution in [0.15, 0.2) is 58.7 Å². The third kappa shape index (κ3) is 5.58. The molecular formula is C20H19N3O5S. The summed E-state index contributed by atoms with van der Waals surface area (Å²) >= 11 is 1.04. The lowest BCUT2D eigenvalue weighted by Gasteiger charge is -2.13. The quantitative estimate of drug-likeness (QED) is 0.509. The highest BCUT2D eigenvalue weighted by Crippen LogP contribution is 2.31. The molecule has 9 heteroatoms. The van der Waals surface area contributed by atoms with Gasteiger partial charge >= 0.3 is 5.97 Å². The molecule has 0 bridgehead atoms. The number of carboxylic acids is 1. The van der Waals surface area contributed by atoms with Crippen LogP contribution in [0.2, 0.25) is 0 Å². The Kier molecular flexibility index (Phi) is 6.85. The third-order valence-corrected chi connectivity index (χ3v) is 5.01. The minimum absolute atomic E-state index is 0.257. The first kappa shape index (κ1) is 20.4. The number of carbonyl (C=O) groups is 2. The number of thioether (sulfide) groups is 1. The minimum Gasteiger partial charge on any atom is -0.493 e. The molecule has 8 nitrogen and oxygen atoms in total. The Bertz CT molecular complexity index is 946. The van der Waals surface area contributed by atoms with Gasteiger partial charge in [-0.25, -0.2) is 0 Å². The van der Waals surface area contributed by atoms with Gasteiger partial charge in [-0.15, -0.1) is 5.10 Å². The number of hydrogen-bond acceptors (Lipinski definition) is 7. The van der Waals surface area contributed by atoms with Gasteiger partial charge in [0, 0.05) is 5.56 Å². The number of rotatable bonds is 8. The van der Waals surface area contributed by atoms with Crippen LogP contribution in [-0.2, 0) is 16.2 Å². The number of methoxy groups -OCH3 is 1. The first-order valence-corrected chi connectivity index (χ1v) is 9.59. The number of nitrogens with one attached hydrogen (secondary N) is 1. The number of hydrogen-bond donors (Lipinski definition) is 2. The number of carboxylic acid groups (broad SMARTS) is 1. The average molecular weight is 413 g/mol. The second-order valence-corrected chi connectivity index (χ2v) is 7.19. The zero-order chi connectivity index (χ0) is 20.6.